The lowest BCUT2D eigenvalue weighted by molar-refractivity contribution is 0.0138. The average molecular weight is 247 g/mol. The van der Waals surface area contributed by atoms with Crippen LogP contribution in [0.3, 0.4) is 0 Å². The molecular weight excluding hydrogens is 218 g/mol. The van der Waals surface area contributed by atoms with Crippen molar-refractivity contribution in [1.29, 1.82) is 0 Å². The van der Waals surface area contributed by atoms with E-state index >= 15 is 0 Å². The van der Waals surface area contributed by atoms with Crippen LogP contribution in [0.2, 0.25) is 0 Å². The Bertz CT molecular complexity index is 145. The number of rotatable bonds is 13. The first kappa shape index (κ1) is 16.8. The molecule has 4 heteroatoms. The molecule has 0 aliphatic carbocycles. The van der Waals surface area contributed by atoms with Gasteiger partial charge in [0.15, 0.2) is 0 Å². The monoisotopic (exact) mass is 247 g/mol. The largest absolute Gasteiger partial charge is 0.379 e. The van der Waals surface area contributed by atoms with Gasteiger partial charge in [-0.2, -0.15) is 0 Å². The molecule has 0 fully saturated rings. The summed E-state index contributed by atoms with van der Waals surface area (Å²) in [6.45, 7) is 9.07. The highest BCUT2D eigenvalue weighted by molar-refractivity contribution is 4.50. The van der Waals surface area contributed by atoms with Crippen LogP contribution in [-0.4, -0.2) is 46.2 Å². The fourth-order valence-electron chi connectivity index (χ4n) is 1.55. The summed E-state index contributed by atoms with van der Waals surface area (Å²) in [5, 5.41) is 0. The Morgan fingerprint density at radius 3 is 1.88 bits per heavy atom. The third-order valence-electron chi connectivity index (χ3n) is 2.54. The molecule has 0 aromatic heterocycles. The molecule has 0 spiro atoms. The summed E-state index contributed by atoms with van der Waals surface area (Å²) >= 11 is 0. The van der Waals surface area contributed by atoms with Crippen molar-refractivity contribution in [3.8, 4) is 0 Å². The summed E-state index contributed by atoms with van der Waals surface area (Å²) in [4.78, 5) is 0. The van der Waals surface area contributed by atoms with Crippen molar-refractivity contribution in [3.63, 3.8) is 0 Å². The molecule has 0 aliphatic rings. The molecule has 4 nitrogen and oxygen atoms in total. The molecule has 0 bridgehead atoms. The molecule has 0 heterocycles. The van der Waals surface area contributed by atoms with Crippen molar-refractivity contribution >= 4 is 0 Å². The van der Waals surface area contributed by atoms with Crippen molar-refractivity contribution in [1.82, 2.24) is 0 Å². The van der Waals surface area contributed by atoms with E-state index in [0.717, 1.165) is 18.9 Å². The number of hydrogen-bond acceptors (Lipinski definition) is 4. The van der Waals surface area contributed by atoms with Crippen LogP contribution in [-0.2, 0) is 14.2 Å². The topological polar surface area (TPSA) is 53.7 Å². The van der Waals surface area contributed by atoms with Gasteiger partial charge in [0, 0.05) is 13.2 Å². The Morgan fingerprint density at radius 2 is 1.35 bits per heavy atom. The first-order valence-corrected chi connectivity index (χ1v) is 6.74. The van der Waals surface area contributed by atoms with E-state index in [1.165, 1.54) is 12.8 Å². The van der Waals surface area contributed by atoms with E-state index in [2.05, 4.69) is 13.8 Å². The van der Waals surface area contributed by atoms with Gasteiger partial charge in [-0.15, -0.1) is 0 Å². The van der Waals surface area contributed by atoms with Crippen LogP contribution in [0, 0.1) is 5.92 Å². The first-order valence-electron chi connectivity index (χ1n) is 6.74. The van der Waals surface area contributed by atoms with E-state index in [0.29, 0.717) is 39.6 Å². The fraction of sp³-hybridized carbons (Fsp3) is 1.00. The average Bonchev–Trinajstić information content (AvgIpc) is 2.32. The van der Waals surface area contributed by atoms with Crippen LogP contribution in [0.15, 0.2) is 0 Å². The Labute approximate surface area is 106 Å². The maximum atomic E-state index is 5.49. The molecule has 0 rings (SSSR count). The Kier molecular flexibility index (Phi) is 13.8. The minimum Gasteiger partial charge on any atom is -0.379 e. The standard InChI is InChI=1S/C13H29NO3/c1-3-4-13(2)5-7-15-9-11-17-12-10-16-8-6-14/h13H,3-12,14H2,1-2H3. The van der Waals surface area contributed by atoms with Gasteiger partial charge >= 0.3 is 0 Å². The van der Waals surface area contributed by atoms with Gasteiger partial charge in [-0.1, -0.05) is 26.7 Å². The molecule has 17 heavy (non-hydrogen) atoms. The molecule has 0 radical (unpaired) electrons. The molecule has 0 aromatic carbocycles. The highest BCUT2D eigenvalue weighted by Gasteiger charge is 1.99. The van der Waals surface area contributed by atoms with E-state index in [4.69, 9.17) is 19.9 Å². The Morgan fingerprint density at radius 1 is 0.824 bits per heavy atom. The lowest BCUT2D eigenvalue weighted by atomic mass is 10.0. The SMILES string of the molecule is CCCC(C)CCOCCOCCOCCN. The van der Waals surface area contributed by atoms with Gasteiger partial charge < -0.3 is 19.9 Å². The normalized spacial score (nSPS) is 12.9. The molecule has 1 atom stereocenters. The Balaban J connectivity index is 2.98. The van der Waals surface area contributed by atoms with Gasteiger partial charge in [0.2, 0.25) is 0 Å². The first-order chi connectivity index (χ1) is 8.31. The zero-order chi connectivity index (χ0) is 12.8. The predicted molar refractivity (Wildman–Crippen MR) is 70.2 cm³/mol. The zero-order valence-electron chi connectivity index (χ0n) is 11.5. The molecule has 0 aliphatic heterocycles. The van der Waals surface area contributed by atoms with Crippen LogP contribution in [0.1, 0.15) is 33.1 Å². The summed E-state index contributed by atoms with van der Waals surface area (Å²) in [6, 6.07) is 0. The maximum absolute atomic E-state index is 5.49. The van der Waals surface area contributed by atoms with Gasteiger partial charge in [-0.3, -0.25) is 0 Å². The summed E-state index contributed by atoms with van der Waals surface area (Å²) in [5.74, 6) is 0.769. The van der Waals surface area contributed by atoms with Crippen LogP contribution in [0.5, 0.6) is 0 Å². The van der Waals surface area contributed by atoms with E-state index in [1.54, 1.807) is 0 Å². The quantitative estimate of drug-likeness (QED) is 0.504. The van der Waals surface area contributed by atoms with Gasteiger partial charge in [-0.05, 0) is 12.3 Å². The minimum absolute atomic E-state index is 0.569. The minimum atomic E-state index is 0.569. The molecule has 104 valence electrons. The highest BCUT2D eigenvalue weighted by atomic mass is 16.5. The number of nitrogens with two attached hydrogens (primary N) is 1. The second kappa shape index (κ2) is 13.9. The van der Waals surface area contributed by atoms with E-state index in [-0.39, 0.29) is 0 Å². The Hall–Kier alpha value is -0.160. The lowest BCUT2D eigenvalue weighted by Crippen LogP contribution is -2.14. The molecule has 0 saturated heterocycles. The van der Waals surface area contributed by atoms with E-state index in [9.17, 15) is 0 Å². The molecule has 1 unspecified atom stereocenters. The van der Waals surface area contributed by atoms with Gasteiger partial charge in [0.25, 0.3) is 0 Å². The van der Waals surface area contributed by atoms with Crippen molar-refractivity contribution in [2.24, 2.45) is 11.7 Å². The number of hydrogen-bond donors (Lipinski definition) is 1. The van der Waals surface area contributed by atoms with Crippen LogP contribution in [0.4, 0.5) is 0 Å². The maximum Gasteiger partial charge on any atom is 0.0701 e. The summed E-state index contributed by atoms with van der Waals surface area (Å²) in [7, 11) is 0. The smallest absolute Gasteiger partial charge is 0.0701 e. The van der Waals surface area contributed by atoms with E-state index < -0.39 is 0 Å². The lowest BCUT2D eigenvalue weighted by Gasteiger charge is -2.10. The third kappa shape index (κ3) is 13.8. The van der Waals surface area contributed by atoms with E-state index in [1.807, 2.05) is 0 Å². The fourth-order valence-corrected chi connectivity index (χ4v) is 1.55. The molecular formula is C13H29NO3. The van der Waals surface area contributed by atoms with Crippen LogP contribution < -0.4 is 5.73 Å². The van der Waals surface area contributed by atoms with Crippen molar-refractivity contribution in [3.05, 3.63) is 0 Å². The molecule has 0 aromatic rings. The second-order valence-corrected chi connectivity index (χ2v) is 4.31. The van der Waals surface area contributed by atoms with Gasteiger partial charge in [0.05, 0.1) is 33.0 Å². The third-order valence-corrected chi connectivity index (χ3v) is 2.54. The number of ether oxygens (including phenoxy) is 3. The van der Waals surface area contributed by atoms with Crippen molar-refractivity contribution in [2.75, 3.05) is 46.2 Å². The summed E-state index contributed by atoms with van der Waals surface area (Å²) in [5.41, 5.74) is 5.28. The summed E-state index contributed by atoms with van der Waals surface area (Å²) in [6.07, 6.45) is 3.69. The zero-order valence-corrected chi connectivity index (χ0v) is 11.5. The highest BCUT2D eigenvalue weighted by Crippen LogP contribution is 2.09. The van der Waals surface area contributed by atoms with Crippen LogP contribution in [0.25, 0.3) is 0 Å². The molecule has 0 saturated carbocycles. The van der Waals surface area contributed by atoms with Gasteiger partial charge in [0.1, 0.15) is 0 Å². The van der Waals surface area contributed by atoms with Crippen molar-refractivity contribution in [2.45, 2.75) is 33.1 Å². The summed E-state index contributed by atoms with van der Waals surface area (Å²) < 4.78 is 16.0. The van der Waals surface area contributed by atoms with Gasteiger partial charge in [-0.25, -0.2) is 0 Å². The molecule has 0 amide bonds. The predicted octanol–water partition coefficient (Wildman–Crippen LogP) is 1.82. The second-order valence-electron chi connectivity index (χ2n) is 4.31. The van der Waals surface area contributed by atoms with Crippen molar-refractivity contribution < 1.29 is 14.2 Å². The van der Waals surface area contributed by atoms with Crippen LogP contribution >= 0.6 is 0 Å². The molecule has 2 N–H and O–H groups in total.